The molecule has 0 bridgehead atoms. The van der Waals surface area contributed by atoms with Crippen molar-refractivity contribution < 1.29 is 19.1 Å². The summed E-state index contributed by atoms with van der Waals surface area (Å²) in [7, 11) is 0. The van der Waals surface area contributed by atoms with Gasteiger partial charge in [0.05, 0.1) is 11.6 Å². The van der Waals surface area contributed by atoms with Gasteiger partial charge in [0.15, 0.2) is 12.5 Å². The minimum Gasteiger partial charge on any atom is -0.444 e. The normalized spacial score (nSPS) is 17.2. The van der Waals surface area contributed by atoms with Crippen molar-refractivity contribution in [2.24, 2.45) is 0 Å². The number of alkyl carbamates (subject to hydrolysis) is 1. The van der Waals surface area contributed by atoms with Crippen LogP contribution in [0.4, 0.5) is 4.79 Å². The number of ether oxygens (including phenoxy) is 2. The summed E-state index contributed by atoms with van der Waals surface area (Å²) in [6.45, 7) is 10.3. The molecule has 3 aromatic rings. The van der Waals surface area contributed by atoms with Gasteiger partial charge in [-0.2, -0.15) is 5.10 Å². The minimum atomic E-state index is -0.573. The monoisotopic (exact) mass is 478 g/mol. The van der Waals surface area contributed by atoms with Crippen molar-refractivity contribution in [3.8, 4) is 11.1 Å². The van der Waals surface area contributed by atoms with Gasteiger partial charge in [-0.15, -0.1) is 0 Å². The molecule has 1 aliphatic heterocycles. The molecule has 0 spiro atoms. The highest BCUT2D eigenvalue weighted by Gasteiger charge is 2.24. The molecule has 2 atom stereocenters. The Labute approximate surface area is 206 Å². The third kappa shape index (κ3) is 5.37. The number of carbonyl (C=O) groups excluding carboxylic acids is 2. The molecule has 35 heavy (non-hydrogen) atoms. The van der Waals surface area contributed by atoms with E-state index in [1.54, 1.807) is 6.20 Å². The molecule has 1 fully saturated rings. The lowest BCUT2D eigenvalue weighted by molar-refractivity contribution is -0.0367. The molecule has 1 aliphatic rings. The summed E-state index contributed by atoms with van der Waals surface area (Å²) in [4.78, 5) is 28.7. The van der Waals surface area contributed by atoms with Crippen LogP contribution in [0.5, 0.6) is 0 Å². The lowest BCUT2D eigenvalue weighted by Gasteiger charge is -2.24. The Kier molecular flexibility index (Phi) is 7.21. The molecule has 1 amide bonds. The molecule has 0 aliphatic carbocycles. The largest absolute Gasteiger partial charge is 0.444 e. The second-order valence-electron chi connectivity index (χ2n) is 10.0. The molecule has 1 N–H and O–H groups in total. The average Bonchev–Trinajstić information content (AvgIpc) is 3.20. The summed E-state index contributed by atoms with van der Waals surface area (Å²) < 4.78 is 13.2. The maximum Gasteiger partial charge on any atom is 0.408 e. The van der Waals surface area contributed by atoms with Crippen LogP contribution >= 0.6 is 0 Å². The van der Waals surface area contributed by atoms with Crippen LogP contribution in [0, 0.1) is 6.92 Å². The van der Waals surface area contributed by atoms with Crippen LogP contribution in [0.3, 0.4) is 0 Å². The molecule has 4 rings (SSSR count). The molecule has 0 radical (unpaired) electrons. The topological polar surface area (TPSA) is 95.3 Å². The zero-order chi connectivity index (χ0) is 25.2. The van der Waals surface area contributed by atoms with Gasteiger partial charge in [-0.3, -0.25) is 9.78 Å². The second kappa shape index (κ2) is 10.2. The van der Waals surface area contributed by atoms with E-state index in [9.17, 15) is 9.59 Å². The number of nitrogens with one attached hydrogen (secondary N) is 1. The number of rotatable bonds is 6. The number of aldehydes is 1. The number of carbonyl (C=O) groups is 2. The zero-order valence-corrected chi connectivity index (χ0v) is 21.1. The van der Waals surface area contributed by atoms with E-state index in [-0.39, 0.29) is 12.3 Å². The van der Waals surface area contributed by atoms with E-state index in [0.29, 0.717) is 18.7 Å². The third-order valence-corrected chi connectivity index (χ3v) is 6.31. The van der Waals surface area contributed by atoms with Gasteiger partial charge in [0.25, 0.3) is 0 Å². The first-order valence-electron chi connectivity index (χ1n) is 12.2. The van der Waals surface area contributed by atoms with Gasteiger partial charge in [0.1, 0.15) is 11.3 Å². The summed E-state index contributed by atoms with van der Waals surface area (Å²) in [6.07, 6.45) is 7.49. The molecule has 2 aromatic heterocycles. The SMILES string of the molecule is CCC(NC(=O)OC(C)(C)C)c1cncc(-c2ccc3c(c2)c(C=O)nn3C2CCCCO2)c1C. The quantitative estimate of drug-likeness (QED) is 0.444. The predicted molar refractivity (Wildman–Crippen MR) is 134 cm³/mol. The fourth-order valence-electron chi connectivity index (χ4n) is 4.59. The van der Waals surface area contributed by atoms with E-state index < -0.39 is 11.7 Å². The smallest absolute Gasteiger partial charge is 0.408 e. The van der Waals surface area contributed by atoms with Crippen LogP contribution < -0.4 is 5.32 Å². The fourth-order valence-corrected chi connectivity index (χ4v) is 4.59. The Balaban J connectivity index is 1.69. The van der Waals surface area contributed by atoms with Crippen molar-refractivity contribution in [3.05, 3.63) is 47.4 Å². The first-order valence-corrected chi connectivity index (χ1v) is 12.2. The number of fused-ring (bicyclic) bond motifs is 1. The summed E-state index contributed by atoms with van der Waals surface area (Å²) in [5, 5.41) is 8.32. The summed E-state index contributed by atoms with van der Waals surface area (Å²) in [6, 6.07) is 5.76. The second-order valence-corrected chi connectivity index (χ2v) is 10.0. The number of nitrogens with zero attached hydrogens (tertiary/aromatic N) is 3. The summed E-state index contributed by atoms with van der Waals surface area (Å²) in [5.74, 6) is 0. The zero-order valence-electron chi connectivity index (χ0n) is 21.1. The van der Waals surface area contributed by atoms with Crippen LogP contribution in [0.25, 0.3) is 22.0 Å². The van der Waals surface area contributed by atoms with Crippen LogP contribution in [-0.2, 0) is 9.47 Å². The van der Waals surface area contributed by atoms with E-state index >= 15 is 0 Å². The standard InChI is InChI=1S/C27H34N4O4/c1-6-22(29-26(33)35-27(3,4)5)21-15-28-14-20(17(21)2)18-10-11-24-19(13-18)23(16-32)30-31(24)25-9-7-8-12-34-25/h10-11,13-16,22,25H,6-9,12H2,1-5H3,(H,29,33). The molecule has 2 unspecified atom stereocenters. The number of amides is 1. The van der Waals surface area contributed by atoms with Gasteiger partial charge in [-0.05, 0) is 82.2 Å². The van der Waals surface area contributed by atoms with Crippen LogP contribution in [0.15, 0.2) is 30.6 Å². The number of hydrogen-bond donors (Lipinski definition) is 1. The van der Waals surface area contributed by atoms with E-state index in [0.717, 1.165) is 58.7 Å². The molecular formula is C27H34N4O4. The van der Waals surface area contributed by atoms with Crippen LogP contribution in [0.1, 0.15) is 87.3 Å². The van der Waals surface area contributed by atoms with E-state index in [4.69, 9.17) is 9.47 Å². The van der Waals surface area contributed by atoms with Crippen molar-refractivity contribution in [1.82, 2.24) is 20.1 Å². The highest BCUT2D eigenvalue weighted by atomic mass is 16.6. The van der Waals surface area contributed by atoms with Gasteiger partial charge in [0.2, 0.25) is 0 Å². The molecule has 186 valence electrons. The maximum absolute atomic E-state index is 12.4. The van der Waals surface area contributed by atoms with Crippen molar-refractivity contribution in [2.75, 3.05) is 6.61 Å². The lowest BCUT2D eigenvalue weighted by atomic mass is 9.94. The molecule has 1 aromatic carbocycles. The Bertz CT molecular complexity index is 1220. The van der Waals surface area contributed by atoms with Crippen molar-refractivity contribution in [1.29, 1.82) is 0 Å². The Hall–Kier alpha value is -3.26. The van der Waals surface area contributed by atoms with E-state index in [1.165, 1.54) is 0 Å². The highest BCUT2D eigenvalue weighted by Crippen LogP contribution is 2.34. The first-order chi connectivity index (χ1) is 16.7. The Morgan fingerprint density at radius 1 is 1.31 bits per heavy atom. The van der Waals surface area contributed by atoms with Crippen molar-refractivity contribution >= 4 is 23.3 Å². The molecule has 3 heterocycles. The van der Waals surface area contributed by atoms with Crippen LogP contribution in [0.2, 0.25) is 0 Å². The van der Waals surface area contributed by atoms with Gasteiger partial charge < -0.3 is 14.8 Å². The maximum atomic E-state index is 12.4. The molecule has 8 heteroatoms. The fraction of sp³-hybridized carbons (Fsp3) is 0.481. The molecule has 8 nitrogen and oxygen atoms in total. The van der Waals surface area contributed by atoms with Gasteiger partial charge in [-0.25, -0.2) is 9.48 Å². The van der Waals surface area contributed by atoms with Crippen molar-refractivity contribution in [2.45, 2.75) is 78.2 Å². The Morgan fingerprint density at radius 2 is 2.11 bits per heavy atom. The Morgan fingerprint density at radius 3 is 2.77 bits per heavy atom. The van der Waals surface area contributed by atoms with Gasteiger partial charge in [0, 0.05) is 30.0 Å². The number of pyridine rings is 1. The van der Waals surface area contributed by atoms with Gasteiger partial charge in [-0.1, -0.05) is 13.0 Å². The number of hydrogen-bond acceptors (Lipinski definition) is 6. The van der Waals surface area contributed by atoms with E-state index in [2.05, 4.69) is 15.4 Å². The number of aromatic nitrogens is 3. The molecule has 1 saturated heterocycles. The lowest BCUT2D eigenvalue weighted by Crippen LogP contribution is -2.35. The minimum absolute atomic E-state index is 0.151. The molecular weight excluding hydrogens is 444 g/mol. The number of benzene rings is 1. The highest BCUT2D eigenvalue weighted by molar-refractivity contribution is 5.97. The average molecular weight is 479 g/mol. The summed E-state index contributed by atoms with van der Waals surface area (Å²) in [5.41, 5.74) is 4.52. The van der Waals surface area contributed by atoms with E-state index in [1.807, 2.05) is 63.7 Å². The van der Waals surface area contributed by atoms with Crippen molar-refractivity contribution in [3.63, 3.8) is 0 Å². The molecule has 0 saturated carbocycles. The third-order valence-electron chi connectivity index (χ3n) is 6.31. The van der Waals surface area contributed by atoms with Crippen LogP contribution in [-0.4, -0.2) is 39.4 Å². The van der Waals surface area contributed by atoms with Gasteiger partial charge >= 0.3 is 6.09 Å². The predicted octanol–water partition coefficient (Wildman–Crippen LogP) is 5.89. The first kappa shape index (κ1) is 24.9. The summed E-state index contributed by atoms with van der Waals surface area (Å²) >= 11 is 0.